The van der Waals surface area contributed by atoms with E-state index in [4.69, 9.17) is 4.98 Å². The first-order chi connectivity index (χ1) is 14.5. The van der Waals surface area contributed by atoms with E-state index in [-0.39, 0.29) is 23.8 Å². The topological polar surface area (TPSA) is 78.7 Å². The van der Waals surface area contributed by atoms with Crippen LogP contribution in [-0.4, -0.2) is 49.6 Å². The van der Waals surface area contributed by atoms with E-state index < -0.39 is 0 Å². The highest BCUT2D eigenvalue weighted by molar-refractivity contribution is 5.99. The second kappa shape index (κ2) is 7.32. The first-order valence-electron chi connectivity index (χ1n) is 10.4. The fourth-order valence-electron chi connectivity index (χ4n) is 4.57. The number of hydrogen-bond acceptors (Lipinski definition) is 6. The van der Waals surface area contributed by atoms with E-state index in [9.17, 15) is 9.18 Å². The highest BCUT2D eigenvalue weighted by atomic mass is 19.1. The normalized spacial score (nSPS) is 22.2. The van der Waals surface area contributed by atoms with Crippen LogP contribution < -0.4 is 10.3 Å². The van der Waals surface area contributed by atoms with Gasteiger partial charge in [-0.25, -0.2) is 18.9 Å². The van der Waals surface area contributed by atoms with Gasteiger partial charge in [0.15, 0.2) is 5.65 Å². The van der Waals surface area contributed by atoms with Crippen molar-refractivity contribution >= 4 is 17.4 Å². The Morgan fingerprint density at radius 1 is 1.33 bits per heavy atom. The van der Waals surface area contributed by atoms with Crippen LogP contribution in [0.1, 0.15) is 54.3 Å². The molecular formula is C21H24FN7O. The maximum absolute atomic E-state index is 14.2. The van der Waals surface area contributed by atoms with Crippen LogP contribution >= 0.6 is 0 Å². The lowest BCUT2D eigenvalue weighted by atomic mass is 9.98. The highest BCUT2D eigenvalue weighted by Gasteiger charge is 2.32. The van der Waals surface area contributed by atoms with Crippen LogP contribution in [0.4, 0.5) is 10.2 Å². The number of likely N-dealkylation sites (N-methyl/N-ethyl adjacent to an activating group) is 1. The molecule has 3 aromatic rings. The molecule has 2 bridgehead atoms. The third-order valence-corrected chi connectivity index (χ3v) is 6.08. The third-order valence-electron chi connectivity index (χ3n) is 6.08. The smallest absolute Gasteiger partial charge is 0.271 e. The van der Waals surface area contributed by atoms with Gasteiger partial charge in [-0.1, -0.05) is 6.92 Å². The molecule has 9 heteroatoms. The summed E-state index contributed by atoms with van der Waals surface area (Å²) in [4.78, 5) is 24.4. The minimum Gasteiger partial charge on any atom is -0.349 e. The Kier molecular flexibility index (Phi) is 4.62. The molecule has 1 unspecified atom stereocenters. The maximum Gasteiger partial charge on any atom is 0.271 e. The summed E-state index contributed by atoms with van der Waals surface area (Å²) in [6, 6.07) is 3.48. The first-order valence-corrected chi connectivity index (χ1v) is 10.4. The summed E-state index contributed by atoms with van der Waals surface area (Å²) < 4.78 is 15.8. The van der Waals surface area contributed by atoms with Crippen LogP contribution in [0.15, 0.2) is 30.7 Å². The fraction of sp³-hybridized carbons (Fsp3) is 0.429. The van der Waals surface area contributed by atoms with Gasteiger partial charge in [-0.05, 0) is 37.5 Å². The molecule has 2 aliphatic heterocycles. The number of carbonyl (C=O) groups is 1. The average Bonchev–Trinajstić information content (AvgIpc) is 3.39. The summed E-state index contributed by atoms with van der Waals surface area (Å²) in [6.45, 7) is 5.46. The predicted octanol–water partition coefficient (Wildman–Crippen LogP) is 2.52. The minimum absolute atomic E-state index is 0.00351. The molecule has 156 valence electrons. The summed E-state index contributed by atoms with van der Waals surface area (Å²) >= 11 is 0. The molecule has 8 nitrogen and oxygen atoms in total. The Bertz CT molecular complexity index is 1110. The molecule has 0 spiro atoms. The van der Waals surface area contributed by atoms with Crippen molar-refractivity contribution in [2.24, 2.45) is 0 Å². The van der Waals surface area contributed by atoms with E-state index in [1.807, 2.05) is 31.1 Å². The van der Waals surface area contributed by atoms with Gasteiger partial charge >= 0.3 is 0 Å². The average molecular weight is 409 g/mol. The van der Waals surface area contributed by atoms with E-state index in [1.165, 1.54) is 6.20 Å². The van der Waals surface area contributed by atoms with Crippen molar-refractivity contribution < 1.29 is 9.18 Å². The molecule has 1 N–H and O–H groups in total. The lowest BCUT2D eigenvalue weighted by Crippen LogP contribution is -2.48. The Morgan fingerprint density at radius 3 is 3.03 bits per heavy atom. The van der Waals surface area contributed by atoms with Crippen LogP contribution in [0, 0.1) is 5.82 Å². The van der Waals surface area contributed by atoms with Crippen LogP contribution in [-0.2, 0) is 6.42 Å². The van der Waals surface area contributed by atoms with Gasteiger partial charge in [0.25, 0.3) is 5.91 Å². The Labute approximate surface area is 173 Å². The molecule has 2 aliphatic rings. The van der Waals surface area contributed by atoms with Gasteiger partial charge in [0.2, 0.25) is 0 Å². The van der Waals surface area contributed by atoms with E-state index in [0.29, 0.717) is 24.2 Å². The molecule has 0 aliphatic carbocycles. The number of anilines is 1. The van der Waals surface area contributed by atoms with Crippen molar-refractivity contribution in [3.8, 4) is 0 Å². The lowest BCUT2D eigenvalue weighted by Gasteiger charge is -2.30. The van der Waals surface area contributed by atoms with Gasteiger partial charge in [0.05, 0.1) is 18.4 Å². The van der Waals surface area contributed by atoms with Crippen LogP contribution in [0.25, 0.3) is 5.65 Å². The van der Waals surface area contributed by atoms with Gasteiger partial charge in [0, 0.05) is 37.4 Å². The summed E-state index contributed by atoms with van der Waals surface area (Å²) in [5.74, 6) is 0.182. The zero-order chi connectivity index (χ0) is 20.8. The molecule has 0 saturated carbocycles. The molecule has 0 radical (unpaired) electrons. The zero-order valence-electron chi connectivity index (χ0n) is 17.0. The second-order valence-corrected chi connectivity index (χ2v) is 7.93. The van der Waals surface area contributed by atoms with E-state index in [2.05, 4.69) is 20.4 Å². The van der Waals surface area contributed by atoms with Crippen molar-refractivity contribution in [1.29, 1.82) is 0 Å². The number of rotatable bonds is 1. The number of aromatic nitrogens is 4. The van der Waals surface area contributed by atoms with Crippen molar-refractivity contribution in [2.45, 2.75) is 45.2 Å². The van der Waals surface area contributed by atoms with Gasteiger partial charge in [-0.3, -0.25) is 15.2 Å². The largest absolute Gasteiger partial charge is 0.349 e. The van der Waals surface area contributed by atoms with Crippen molar-refractivity contribution in [1.82, 2.24) is 30.0 Å². The number of amides is 1. The minimum atomic E-state index is -0.334. The molecule has 2 atom stereocenters. The first kappa shape index (κ1) is 18.9. The SMILES string of the molecule is CCN1NC(=O)c2cnn3ccc(nc23)N2CCCC2c2cc(F)cnc2C[C@@H]1C. The van der Waals surface area contributed by atoms with E-state index >= 15 is 0 Å². The molecular weight excluding hydrogens is 385 g/mol. The van der Waals surface area contributed by atoms with Gasteiger partial charge in [-0.15, -0.1) is 0 Å². The number of hydrazine groups is 1. The molecule has 1 amide bonds. The fourth-order valence-corrected chi connectivity index (χ4v) is 4.57. The molecule has 5 heterocycles. The molecule has 3 aromatic heterocycles. The van der Waals surface area contributed by atoms with Crippen molar-refractivity contribution in [3.63, 3.8) is 0 Å². The molecule has 1 fully saturated rings. The Hall–Kier alpha value is -3.07. The Morgan fingerprint density at radius 2 is 2.20 bits per heavy atom. The van der Waals surface area contributed by atoms with Crippen LogP contribution in [0.2, 0.25) is 0 Å². The molecule has 1 saturated heterocycles. The summed E-state index contributed by atoms with van der Waals surface area (Å²) in [5, 5.41) is 6.17. The number of halogens is 1. The van der Waals surface area contributed by atoms with E-state index in [0.717, 1.165) is 36.5 Å². The Balaban J connectivity index is 1.70. The number of fused-ring (bicyclic) bond motifs is 5. The summed E-state index contributed by atoms with van der Waals surface area (Å²) in [7, 11) is 0. The zero-order valence-corrected chi connectivity index (χ0v) is 17.0. The van der Waals surface area contributed by atoms with E-state index in [1.54, 1.807) is 16.8 Å². The monoisotopic (exact) mass is 409 g/mol. The predicted molar refractivity (Wildman–Crippen MR) is 110 cm³/mol. The van der Waals surface area contributed by atoms with Crippen LogP contribution in [0.5, 0.6) is 0 Å². The number of hydrogen-bond donors (Lipinski definition) is 1. The standard InChI is InChI=1S/C21H24FN7O/c1-3-28-13(2)9-17-15(10-14(22)11-23-17)18-5-4-7-27(18)19-6-8-29-20(25-19)16(12-24-29)21(30)26-28/h6,8,10-13,18H,3-5,7,9H2,1-2H3,(H,26,30)/t13-,18?/m0/s1. The lowest BCUT2D eigenvalue weighted by molar-refractivity contribution is 0.0719. The number of nitrogens with zero attached hydrogens (tertiary/aromatic N) is 6. The molecule has 0 aromatic carbocycles. The third kappa shape index (κ3) is 3.09. The molecule has 30 heavy (non-hydrogen) atoms. The highest BCUT2D eigenvalue weighted by Crippen LogP contribution is 2.37. The van der Waals surface area contributed by atoms with Crippen molar-refractivity contribution in [3.05, 3.63) is 53.4 Å². The second-order valence-electron chi connectivity index (χ2n) is 7.93. The number of pyridine rings is 1. The van der Waals surface area contributed by atoms with Crippen LogP contribution in [0.3, 0.4) is 0 Å². The van der Waals surface area contributed by atoms with Gasteiger partial charge < -0.3 is 4.90 Å². The summed E-state index contributed by atoms with van der Waals surface area (Å²) in [6.07, 6.45) is 7.13. The van der Waals surface area contributed by atoms with Gasteiger partial charge in [0.1, 0.15) is 17.2 Å². The number of nitrogens with one attached hydrogen (secondary N) is 1. The maximum atomic E-state index is 14.2. The molecule has 5 rings (SSSR count). The quantitative estimate of drug-likeness (QED) is 0.665. The van der Waals surface area contributed by atoms with Crippen molar-refractivity contribution in [2.75, 3.05) is 18.0 Å². The van der Waals surface area contributed by atoms with Gasteiger partial charge in [-0.2, -0.15) is 5.10 Å². The number of carbonyl (C=O) groups excluding carboxylic acids is 1. The summed E-state index contributed by atoms with van der Waals surface area (Å²) in [5.41, 5.74) is 5.69.